The summed E-state index contributed by atoms with van der Waals surface area (Å²) in [5.74, 6) is 0. The fourth-order valence-corrected chi connectivity index (χ4v) is 5.05. The Bertz CT molecular complexity index is 523. The van der Waals surface area contributed by atoms with E-state index in [1.54, 1.807) is 6.08 Å². The molecule has 0 heterocycles. The van der Waals surface area contributed by atoms with Gasteiger partial charge in [-0.3, -0.25) is 0 Å². The lowest BCUT2D eigenvalue weighted by Gasteiger charge is -2.46. The first kappa shape index (κ1) is 19.0. The molecule has 136 valence electrons. The molecule has 2 aliphatic rings. The SMILES string of the molecule is CC1(C)CCC(NC(=O)NC2CC(C)(C)CC(C)(CN=C=O)C2)C1. The lowest BCUT2D eigenvalue weighted by atomic mass is 9.62. The van der Waals surface area contributed by atoms with Crippen LogP contribution in [0.15, 0.2) is 4.99 Å². The van der Waals surface area contributed by atoms with Crippen molar-refractivity contribution in [3.63, 3.8) is 0 Å². The van der Waals surface area contributed by atoms with Crippen molar-refractivity contribution in [3.05, 3.63) is 0 Å². The zero-order valence-corrected chi connectivity index (χ0v) is 15.9. The third kappa shape index (κ3) is 5.34. The summed E-state index contributed by atoms with van der Waals surface area (Å²) < 4.78 is 0. The van der Waals surface area contributed by atoms with Crippen LogP contribution in [0.2, 0.25) is 0 Å². The first-order chi connectivity index (χ1) is 11.0. The fourth-order valence-electron chi connectivity index (χ4n) is 5.05. The number of hydrogen-bond donors (Lipinski definition) is 2. The molecule has 0 aromatic carbocycles. The van der Waals surface area contributed by atoms with Gasteiger partial charge in [0.05, 0.1) is 6.54 Å². The van der Waals surface area contributed by atoms with Crippen LogP contribution in [0.4, 0.5) is 4.79 Å². The number of hydrogen-bond acceptors (Lipinski definition) is 3. The fraction of sp³-hybridized carbons (Fsp3) is 0.895. The van der Waals surface area contributed by atoms with E-state index in [4.69, 9.17) is 0 Å². The van der Waals surface area contributed by atoms with Crippen LogP contribution in [-0.4, -0.2) is 30.7 Å². The number of aliphatic imine (C=N–C) groups is 1. The van der Waals surface area contributed by atoms with Crippen molar-refractivity contribution in [1.29, 1.82) is 0 Å². The summed E-state index contributed by atoms with van der Waals surface area (Å²) in [6.07, 6.45) is 7.73. The number of rotatable bonds is 4. The van der Waals surface area contributed by atoms with Crippen LogP contribution in [0, 0.1) is 16.2 Å². The van der Waals surface area contributed by atoms with Gasteiger partial charge in [-0.1, -0.05) is 34.6 Å². The van der Waals surface area contributed by atoms with Crippen LogP contribution < -0.4 is 10.6 Å². The standard InChI is InChI=1S/C19H33N3O2/c1-17(2)7-6-14(8-17)21-16(24)22-15-9-18(3,4)11-19(5,10-15)12-20-13-23/h14-15H,6-12H2,1-5H3,(H2,21,22,24). The van der Waals surface area contributed by atoms with Gasteiger partial charge in [0.2, 0.25) is 6.08 Å². The molecular weight excluding hydrogens is 302 g/mol. The zero-order valence-electron chi connectivity index (χ0n) is 15.9. The van der Waals surface area contributed by atoms with Gasteiger partial charge in [-0.2, -0.15) is 0 Å². The summed E-state index contributed by atoms with van der Waals surface area (Å²) in [6.45, 7) is 11.6. The van der Waals surface area contributed by atoms with E-state index >= 15 is 0 Å². The average Bonchev–Trinajstić information content (AvgIpc) is 2.73. The molecule has 0 aromatic heterocycles. The van der Waals surface area contributed by atoms with E-state index < -0.39 is 0 Å². The van der Waals surface area contributed by atoms with Gasteiger partial charge in [0, 0.05) is 12.1 Å². The van der Waals surface area contributed by atoms with Crippen LogP contribution in [0.5, 0.6) is 0 Å². The van der Waals surface area contributed by atoms with Gasteiger partial charge < -0.3 is 10.6 Å². The van der Waals surface area contributed by atoms with E-state index in [1.165, 1.54) is 0 Å². The normalized spacial score (nSPS) is 34.2. The van der Waals surface area contributed by atoms with Crippen molar-refractivity contribution in [2.45, 2.75) is 85.2 Å². The van der Waals surface area contributed by atoms with Gasteiger partial charge in [0.25, 0.3) is 0 Å². The lowest BCUT2D eigenvalue weighted by Crippen LogP contribution is -2.51. The molecule has 0 saturated heterocycles. The van der Waals surface area contributed by atoms with Gasteiger partial charge in [0.1, 0.15) is 0 Å². The minimum atomic E-state index is -0.0630. The minimum Gasteiger partial charge on any atom is -0.335 e. The zero-order chi connectivity index (χ0) is 18.0. The molecule has 0 radical (unpaired) electrons. The molecule has 3 atom stereocenters. The summed E-state index contributed by atoms with van der Waals surface area (Å²) in [6, 6.07) is 0.347. The molecule has 0 aliphatic heterocycles. The molecular formula is C19H33N3O2. The van der Waals surface area contributed by atoms with Crippen LogP contribution in [0.25, 0.3) is 0 Å². The number of carbonyl (C=O) groups is 1. The molecule has 5 nitrogen and oxygen atoms in total. The molecule has 2 rings (SSSR count). The predicted octanol–water partition coefficient (Wildman–Crippen LogP) is 3.79. The largest absolute Gasteiger partial charge is 0.335 e. The summed E-state index contributed by atoms with van der Waals surface area (Å²) in [5, 5.41) is 6.31. The summed E-state index contributed by atoms with van der Waals surface area (Å²) in [5.41, 5.74) is 0.390. The maximum Gasteiger partial charge on any atom is 0.315 e. The molecule has 0 bridgehead atoms. The van der Waals surface area contributed by atoms with Crippen molar-refractivity contribution in [3.8, 4) is 0 Å². The first-order valence-corrected chi connectivity index (χ1v) is 9.13. The predicted molar refractivity (Wildman–Crippen MR) is 95.6 cm³/mol. The molecule has 2 saturated carbocycles. The van der Waals surface area contributed by atoms with Crippen LogP contribution in [0.3, 0.4) is 0 Å². The van der Waals surface area contributed by atoms with Gasteiger partial charge in [-0.25, -0.2) is 14.6 Å². The molecule has 2 fully saturated rings. The van der Waals surface area contributed by atoms with Gasteiger partial charge in [0.15, 0.2) is 0 Å². The van der Waals surface area contributed by atoms with E-state index in [0.29, 0.717) is 12.0 Å². The Labute approximate surface area is 146 Å². The maximum absolute atomic E-state index is 12.4. The third-order valence-electron chi connectivity index (χ3n) is 5.61. The second-order valence-corrected chi connectivity index (χ2v) is 9.89. The third-order valence-corrected chi connectivity index (χ3v) is 5.61. The number of isocyanates is 1. The molecule has 2 amide bonds. The van der Waals surface area contributed by atoms with Crippen LogP contribution in [0.1, 0.15) is 73.1 Å². The smallest absolute Gasteiger partial charge is 0.315 e. The number of nitrogens with one attached hydrogen (secondary N) is 2. The molecule has 3 unspecified atom stereocenters. The first-order valence-electron chi connectivity index (χ1n) is 9.13. The Kier molecular flexibility index (Phi) is 5.44. The van der Waals surface area contributed by atoms with E-state index in [-0.39, 0.29) is 28.9 Å². The Balaban J connectivity index is 1.92. The van der Waals surface area contributed by atoms with Crippen molar-refractivity contribution in [1.82, 2.24) is 10.6 Å². The van der Waals surface area contributed by atoms with Gasteiger partial charge in [-0.15, -0.1) is 0 Å². The van der Waals surface area contributed by atoms with Gasteiger partial charge >= 0.3 is 6.03 Å². The summed E-state index contributed by atoms with van der Waals surface area (Å²) >= 11 is 0. The highest BCUT2D eigenvalue weighted by Gasteiger charge is 2.42. The molecule has 24 heavy (non-hydrogen) atoms. The number of nitrogens with zero attached hydrogens (tertiary/aromatic N) is 1. The molecule has 2 N–H and O–H groups in total. The van der Waals surface area contributed by atoms with Gasteiger partial charge in [-0.05, 0) is 54.8 Å². The van der Waals surface area contributed by atoms with Crippen molar-refractivity contribution >= 4 is 12.1 Å². The molecule has 5 heteroatoms. The monoisotopic (exact) mass is 335 g/mol. The minimum absolute atomic E-state index is 0.0540. The average molecular weight is 335 g/mol. The summed E-state index contributed by atoms with van der Waals surface area (Å²) in [4.78, 5) is 26.7. The number of carbonyl (C=O) groups excluding carboxylic acids is 2. The number of urea groups is 1. The quantitative estimate of drug-likeness (QED) is 0.606. The Hall–Kier alpha value is -1.35. The number of amides is 2. The molecule has 0 aromatic rings. The second-order valence-electron chi connectivity index (χ2n) is 9.89. The highest BCUT2D eigenvalue weighted by atomic mass is 16.2. The lowest BCUT2D eigenvalue weighted by molar-refractivity contribution is 0.0805. The van der Waals surface area contributed by atoms with E-state index in [9.17, 15) is 9.59 Å². The highest BCUT2D eigenvalue weighted by Crippen LogP contribution is 2.46. The summed E-state index contributed by atoms with van der Waals surface area (Å²) in [7, 11) is 0. The van der Waals surface area contributed by atoms with Crippen molar-refractivity contribution in [2.75, 3.05) is 6.54 Å². The Morgan fingerprint density at radius 1 is 1.04 bits per heavy atom. The highest BCUT2D eigenvalue weighted by molar-refractivity contribution is 5.74. The van der Waals surface area contributed by atoms with E-state index in [1.807, 2.05) is 0 Å². The van der Waals surface area contributed by atoms with E-state index in [0.717, 1.165) is 38.5 Å². The second kappa shape index (κ2) is 6.87. The Morgan fingerprint density at radius 3 is 2.25 bits per heavy atom. The van der Waals surface area contributed by atoms with E-state index in [2.05, 4.69) is 50.2 Å². The van der Waals surface area contributed by atoms with Crippen LogP contribution in [-0.2, 0) is 4.79 Å². The van der Waals surface area contributed by atoms with Crippen molar-refractivity contribution < 1.29 is 9.59 Å². The van der Waals surface area contributed by atoms with Crippen LogP contribution >= 0.6 is 0 Å². The van der Waals surface area contributed by atoms with Crippen molar-refractivity contribution in [2.24, 2.45) is 21.2 Å². The maximum atomic E-state index is 12.4. The Morgan fingerprint density at radius 2 is 1.67 bits per heavy atom. The molecule has 0 spiro atoms. The molecule has 2 aliphatic carbocycles. The topological polar surface area (TPSA) is 70.6 Å².